The van der Waals surface area contributed by atoms with E-state index in [4.69, 9.17) is 5.73 Å². The summed E-state index contributed by atoms with van der Waals surface area (Å²) in [5, 5.41) is 2.22. The van der Waals surface area contributed by atoms with E-state index in [0.29, 0.717) is 12.8 Å². The number of hydrogen-bond acceptors (Lipinski definition) is 4. The van der Waals surface area contributed by atoms with Gasteiger partial charge in [0.15, 0.2) is 9.84 Å². The maximum absolute atomic E-state index is 11.4. The molecule has 1 fully saturated rings. The fraction of sp³-hybridized carbons (Fsp3) is 0.889. The van der Waals surface area contributed by atoms with Crippen LogP contribution in [0.1, 0.15) is 26.2 Å². The van der Waals surface area contributed by atoms with Crippen molar-refractivity contribution in [1.82, 2.24) is 5.32 Å². The number of amides is 1. The van der Waals surface area contributed by atoms with Gasteiger partial charge in [-0.3, -0.25) is 4.79 Å². The molecule has 0 aromatic rings. The quantitative estimate of drug-likeness (QED) is 0.681. The summed E-state index contributed by atoms with van der Waals surface area (Å²) in [4.78, 5) is 11.2. The predicted molar refractivity (Wildman–Crippen MR) is 58.1 cm³/mol. The molecular formula is C9H18N2O3S. The Morgan fingerprint density at radius 2 is 2.27 bits per heavy atom. The molecule has 1 aliphatic heterocycles. The lowest BCUT2D eigenvalue weighted by Crippen LogP contribution is -2.36. The summed E-state index contributed by atoms with van der Waals surface area (Å²) in [6.45, 7) is 1.97. The van der Waals surface area contributed by atoms with Crippen LogP contribution in [0.2, 0.25) is 0 Å². The Balaban J connectivity index is 2.34. The van der Waals surface area contributed by atoms with E-state index < -0.39 is 15.1 Å². The summed E-state index contributed by atoms with van der Waals surface area (Å²) in [6, 6.07) is -0.190. The van der Waals surface area contributed by atoms with Crippen molar-refractivity contribution < 1.29 is 13.2 Å². The maximum atomic E-state index is 11.4. The van der Waals surface area contributed by atoms with Gasteiger partial charge in [-0.05, 0) is 19.8 Å². The van der Waals surface area contributed by atoms with Gasteiger partial charge in [0.05, 0.1) is 11.0 Å². The number of carbonyl (C=O) groups excluding carboxylic acids is 1. The van der Waals surface area contributed by atoms with Crippen LogP contribution in [0, 0.1) is 0 Å². The number of carbonyl (C=O) groups is 1. The summed E-state index contributed by atoms with van der Waals surface area (Å²) in [7, 11) is -2.96. The van der Waals surface area contributed by atoms with Gasteiger partial charge in [0.1, 0.15) is 0 Å². The lowest BCUT2D eigenvalue weighted by molar-refractivity contribution is -0.121. The van der Waals surface area contributed by atoms with Crippen LogP contribution < -0.4 is 11.1 Å². The van der Waals surface area contributed by atoms with Crippen molar-refractivity contribution in [2.75, 3.05) is 12.3 Å². The molecule has 0 aromatic heterocycles. The number of sulfone groups is 1. The summed E-state index contributed by atoms with van der Waals surface area (Å²) in [5.74, 6) is 0.0768. The topological polar surface area (TPSA) is 89.3 Å². The third-order valence-corrected chi connectivity index (χ3v) is 4.77. The van der Waals surface area contributed by atoms with Crippen molar-refractivity contribution in [2.45, 2.75) is 37.5 Å². The predicted octanol–water partition coefficient (Wildman–Crippen LogP) is -0.583. The highest BCUT2D eigenvalue weighted by Crippen LogP contribution is 2.18. The van der Waals surface area contributed by atoms with Crippen LogP contribution in [0.3, 0.4) is 0 Å². The van der Waals surface area contributed by atoms with E-state index in [1.807, 2.05) is 0 Å². The van der Waals surface area contributed by atoms with E-state index in [-0.39, 0.29) is 30.7 Å². The SMILES string of the molecule is CC(N)CC(=O)NCC1CCCS1(=O)=O. The molecule has 1 saturated heterocycles. The minimum atomic E-state index is -2.96. The monoisotopic (exact) mass is 234 g/mol. The third kappa shape index (κ3) is 3.79. The average molecular weight is 234 g/mol. The zero-order valence-electron chi connectivity index (χ0n) is 8.90. The fourth-order valence-electron chi connectivity index (χ4n) is 1.68. The highest BCUT2D eigenvalue weighted by Gasteiger charge is 2.31. The number of rotatable bonds is 4. The molecule has 2 unspecified atom stereocenters. The fourth-order valence-corrected chi connectivity index (χ4v) is 3.45. The molecule has 1 rings (SSSR count). The van der Waals surface area contributed by atoms with Gasteiger partial charge in [0, 0.05) is 19.0 Å². The van der Waals surface area contributed by atoms with Gasteiger partial charge in [0.25, 0.3) is 0 Å². The van der Waals surface area contributed by atoms with Crippen LogP contribution in [-0.4, -0.2) is 37.9 Å². The lowest BCUT2D eigenvalue weighted by atomic mass is 10.2. The Hall–Kier alpha value is -0.620. The zero-order chi connectivity index (χ0) is 11.5. The molecule has 15 heavy (non-hydrogen) atoms. The summed E-state index contributed by atoms with van der Waals surface area (Å²) in [5.41, 5.74) is 5.45. The molecule has 0 radical (unpaired) electrons. The van der Waals surface area contributed by atoms with Gasteiger partial charge in [-0.2, -0.15) is 0 Å². The highest BCUT2D eigenvalue weighted by atomic mass is 32.2. The molecule has 6 heteroatoms. The van der Waals surface area contributed by atoms with E-state index in [9.17, 15) is 13.2 Å². The summed E-state index contributed by atoms with van der Waals surface area (Å²) < 4.78 is 22.8. The molecule has 0 bridgehead atoms. The molecule has 3 N–H and O–H groups in total. The third-order valence-electron chi connectivity index (χ3n) is 2.50. The molecule has 0 aliphatic carbocycles. The molecule has 0 aromatic carbocycles. The van der Waals surface area contributed by atoms with Crippen LogP contribution in [0.5, 0.6) is 0 Å². The van der Waals surface area contributed by atoms with Crippen molar-refractivity contribution in [2.24, 2.45) is 5.73 Å². The second-order valence-electron chi connectivity index (χ2n) is 4.12. The minimum Gasteiger partial charge on any atom is -0.355 e. The second kappa shape index (κ2) is 4.94. The molecule has 0 spiro atoms. The zero-order valence-corrected chi connectivity index (χ0v) is 9.72. The first-order valence-corrected chi connectivity index (χ1v) is 6.87. The van der Waals surface area contributed by atoms with E-state index in [0.717, 1.165) is 0 Å². The van der Waals surface area contributed by atoms with E-state index in [2.05, 4.69) is 5.32 Å². The molecule has 2 atom stereocenters. The second-order valence-corrected chi connectivity index (χ2v) is 6.52. The van der Waals surface area contributed by atoms with Gasteiger partial charge in [-0.25, -0.2) is 8.42 Å². The highest BCUT2D eigenvalue weighted by molar-refractivity contribution is 7.92. The first-order valence-electron chi connectivity index (χ1n) is 5.15. The van der Waals surface area contributed by atoms with Crippen molar-refractivity contribution >= 4 is 15.7 Å². The molecule has 0 saturated carbocycles. The van der Waals surface area contributed by atoms with Gasteiger partial charge < -0.3 is 11.1 Å². The Morgan fingerprint density at radius 3 is 2.73 bits per heavy atom. The normalized spacial score (nSPS) is 26.1. The van der Waals surface area contributed by atoms with Gasteiger partial charge in [0.2, 0.25) is 5.91 Å². The summed E-state index contributed by atoms with van der Waals surface area (Å²) in [6.07, 6.45) is 1.60. The number of hydrogen-bond donors (Lipinski definition) is 2. The van der Waals surface area contributed by atoms with Gasteiger partial charge >= 0.3 is 0 Å². The van der Waals surface area contributed by atoms with Crippen LogP contribution in [-0.2, 0) is 14.6 Å². The number of nitrogens with two attached hydrogens (primary N) is 1. The lowest BCUT2D eigenvalue weighted by Gasteiger charge is -2.11. The first kappa shape index (κ1) is 12.4. The van der Waals surface area contributed by atoms with Crippen LogP contribution in [0.15, 0.2) is 0 Å². The van der Waals surface area contributed by atoms with E-state index in [1.54, 1.807) is 6.92 Å². The minimum absolute atomic E-state index is 0.174. The van der Waals surface area contributed by atoms with Gasteiger partial charge in [-0.15, -0.1) is 0 Å². The molecule has 1 aliphatic rings. The average Bonchev–Trinajstić information content (AvgIpc) is 2.40. The molecule has 1 amide bonds. The van der Waals surface area contributed by atoms with Gasteiger partial charge in [-0.1, -0.05) is 0 Å². The van der Waals surface area contributed by atoms with Crippen LogP contribution >= 0.6 is 0 Å². The summed E-state index contributed by atoms with van der Waals surface area (Å²) >= 11 is 0. The van der Waals surface area contributed by atoms with Crippen molar-refractivity contribution in [3.05, 3.63) is 0 Å². The standard InChI is InChI=1S/C9H18N2O3S/c1-7(10)5-9(12)11-6-8-3-2-4-15(8,13)14/h7-8H,2-6,10H2,1H3,(H,11,12). The Kier molecular flexibility index (Phi) is 4.10. The largest absolute Gasteiger partial charge is 0.355 e. The van der Waals surface area contributed by atoms with Crippen molar-refractivity contribution in [1.29, 1.82) is 0 Å². The van der Waals surface area contributed by atoms with E-state index in [1.165, 1.54) is 0 Å². The van der Waals surface area contributed by atoms with Crippen molar-refractivity contribution in [3.63, 3.8) is 0 Å². The smallest absolute Gasteiger partial charge is 0.221 e. The number of nitrogens with one attached hydrogen (secondary N) is 1. The molecule has 1 heterocycles. The molecule has 5 nitrogen and oxygen atoms in total. The van der Waals surface area contributed by atoms with Crippen molar-refractivity contribution in [3.8, 4) is 0 Å². The maximum Gasteiger partial charge on any atom is 0.221 e. The Morgan fingerprint density at radius 1 is 1.60 bits per heavy atom. The first-order chi connectivity index (χ1) is 6.92. The van der Waals surface area contributed by atoms with Crippen LogP contribution in [0.4, 0.5) is 0 Å². The van der Waals surface area contributed by atoms with E-state index >= 15 is 0 Å². The Labute approximate surface area is 90.3 Å². The molecule has 88 valence electrons. The van der Waals surface area contributed by atoms with Crippen LogP contribution in [0.25, 0.3) is 0 Å². The molecular weight excluding hydrogens is 216 g/mol. The Bertz CT molecular complexity index is 324.